The number of aliphatic hydroxyl groups is 1. The van der Waals surface area contributed by atoms with Crippen LogP contribution in [0.5, 0.6) is 5.75 Å². The number of benzene rings is 1. The quantitative estimate of drug-likeness (QED) is 0.923. The van der Waals surface area contributed by atoms with Gasteiger partial charge in [-0.3, -0.25) is 0 Å². The number of rotatable bonds is 3. The van der Waals surface area contributed by atoms with Crippen LogP contribution in [0.15, 0.2) is 24.4 Å². The fourth-order valence-electron chi connectivity index (χ4n) is 2.22. The third-order valence-electron chi connectivity index (χ3n) is 3.23. The Morgan fingerprint density at radius 3 is 2.47 bits per heavy atom. The van der Waals surface area contributed by atoms with Crippen molar-refractivity contribution >= 4 is 0 Å². The summed E-state index contributed by atoms with van der Waals surface area (Å²) in [5.41, 5.74) is 2.85. The third-order valence-corrected chi connectivity index (χ3v) is 3.23. The molecule has 102 valence electrons. The fraction of sp³-hybridized carbons (Fsp3) is 0.400. The average Bonchev–Trinajstić information content (AvgIpc) is 2.70. The lowest BCUT2D eigenvalue weighted by Gasteiger charge is -2.17. The summed E-state index contributed by atoms with van der Waals surface area (Å²) in [7, 11) is 1.64. The van der Waals surface area contributed by atoms with Gasteiger partial charge in [0.05, 0.1) is 18.9 Å². The highest BCUT2D eigenvalue weighted by atomic mass is 16.5. The topological polar surface area (TPSA) is 47.3 Å². The van der Waals surface area contributed by atoms with E-state index in [1.54, 1.807) is 31.8 Å². The molecule has 0 amide bonds. The monoisotopic (exact) mass is 260 g/mol. The van der Waals surface area contributed by atoms with Gasteiger partial charge in [-0.2, -0.15) is 5.10 Å². The van der Waals surface area contributed by atoms with Crippen LogP contribution in [0.1, 0.15) is 30.7 Å². The van der Waals surface area contributed by atoms with E-state index in [4.69, 9.17) is 4.74 Å². The molecule has 4 heteroatoms. The van der Waals surface area contributed by atoms with E-state index < -0.39 is 5.60 Å². The van der Waals surface area contributed by atoms with Crippen LogP contribution < -0.4 is 4.74 Å². The molecule has 0 fully saturated rings. The molecule has 0 aliphatic rings. The van der Waals surface area contributed by atoms with Crippen molar-refractivity contribution in [1.82, 2.24) is 9.78 Å². The summed E-state index contributed by atoms with van der Waals surface area (Å²) in [4.78, 5) is 0. The minimum atomic E-state index is -0.903. The van der Waals surface area contributed by atoms with Crippen LogP contribution in [0.4, 0.5) is 0 Å². The van der Waals surface area contributed by atoms with E-state index in [0.717, 1.165) is 28.3 Å². The molecule has 0 bridgehead atoms. The molecule has 1 N–H and O–H groups in total. The van der Waals surface area contributed by atoms with Crippen molar-refractivity contribution in [1.29, 1.82) is 0 Å². The smallest absolute Gasteiger partial charge is 0.144 e. The van der Waals surface area contributed by atoms with Crippen molar-refractivity contribution < 1.29 is 9.84 Å². The Morgan fingerprint density at radius 2 is 1.95 bits per heavy atom. The number of hydrogen-bond acceptors (Lipinski definition) is 3. The zero-order chi connectivity index (χ0) is 14.2. The Hall–Kier alpha value is -1.81. The second-order valence-electron chi connectivity index (χ2n) is 5.29. The van der Waals surface area contributed by atoms with Crippen molar-refractivity contribution in [3.05, 3.63) is 41.2 Å². The van der Waals surface area contributed by atoms with Gasteiger partial charge in [0.15, 0.2) is 0 Å². The predicted octanol–water partition coefficient (Wildman–Crippen LogP) is 2.73. The van der Waals surface area contributed by atoms with Gasteiger partial charge in [0.2, 0.25) is 0 Å². The van der Waals surface area contributed by atoms with Gasteiger partial charge in [0.1, 0.15) is 11.4 Å². The summed E-state index contributed by atoms with van der Waals surface area (Å²) in [6, 6.07) is 5.95. The minimum absolute atomic E-state index is 0.763. The van der Waals surface area contributed by atoms with Crippen LogP contribution in [0.2, 0.25) is 0 Å². The fourth-order valence-corrected chi connectivity index (χ4v) is 2.22. The zero-order valence-electron chi connectivity index (χ0n) is 12.1. The van der Waals surface area contributed by atoms with Gasteiger partial charge in [-0.1, -0.05) is 6.07 Å². The molecule has 1 heterocycles. The van der Waals surface area contributed by atoms with E-state index in [-0.39, 0.29) is 0 Å². The van der Waals surface area contributed by atoms with Crippen molar-refractivity contribution in [2.75, 3.05) is 7.11 Å². The standard InChI is InChI=1S/C15H20N2O2/c1-10-6-7-14(19-5)13(8-10)17-11(2)12(9-16-17)15(3,4)18/h6-9,18H,1-5H3. The highest BCUT2D eigenvalue weighted by Crippen LogP contribution is 2.29. The van der Waals surface area contributed by atoms with Crippen LogP contribution in [0.25, 0.3) is 5.69 Å². The number of aryl methyl sites for hydroxylation is 1. The van der Waals surface area contributed by atoms with E-state index in [2.05, 4.69) is 5.10 Å². The van der Waals surface area contributed by atoms with Gasteiger partial charge in [-0.15, -0.1) is 0 Å². The first-order chi connectivity index (χ1) is 8.84. The van der Waals surface area contributed by atoms with Crippen LogP contribution in [-0.4, -0.2) is 22.0 Å². The maximum Gasteiger partial charge on any atom is 0.144 e. The lowest BCUT2D eigenvalue weighted by Crippen LogP contribution is -2.16. The second kappa shape index (κ2) is 4.70. The highest BCUT2D eigenvalue weighted by Gasteiger charge is 2.23. The van der Waals surface area contributed by atoms with Crippen LogP contribution >= 0.6 is 0 Å². The molecule has 0 aliphatic heterocycles. The van der Waals surface area contributed by atoms with Crippen molar-refractivity contribution in [2.24, 2.45) is 0 Å². The molecule has 1 aromatic heterocycles. The maximum absolute atomic E-state index is 10.1. The van der Waals surface area contributed by atoms with Crippen LogP contribution in [0, 0.1) is 13.8 Å². The molecule has 2 aromatic rings. The molecular formula is C15H20N2O2. The molecule has 0 radical (unpaired) electrons. The third kappa shape index (κ3) is 2.49. The Labute approximate surface area is 113 Å². The molecule has 0 saturated heterocycles. The van der Waals surface area contributed by atoms with E-state index in [1.165, 1.54) is 0 Å². The summed E-state index contributed by atoms with van der Waals surface area (Å²) < 4.78 is 7.19. The van der Waals surface area contributed by atoms with Crippen molar-refractivity contribution in [3.8, 4) is 11.4 Å². The second-order valence-corrected chi connectivity index (χ2v) is 5.29. The number of hydrogen-bond donors (Lipinski definition) is 1. The summed E-state index contributed by atoms with van der Waals surface area (Å²) in [6.45, 7) is 7.49. The maximum atomic E-state index is 10.1. The number of methoxy groups -OCH3 is 1. The van der Waals surface area contributed by atoms with Crippen LogP contribution in [-0.2, 0) is 5.60 Å². The van der Waals surface area contributed by atoms with Gasteiger partial charge in [-0.05, 0) is 45.4 Å². The lowest BCUT2D eigenvalue weighted by atomic mass is 9.99. The molecule has 4 nitrogen and oxygen atoms in total. The summed E-state index contributed by atoms with van der Waals surface area (Å²) >= 11 is 0. The first-order valence-corrected chi connectivity index (χ1v) is 6.27. The van der Waals surface area contributed by atoms with E-state index in [9.17, 15) is 5.11 Å². The molecular weight excluding hydrogens is 240 g/mol. The summed E-state index contributed by atoms with van der Waals surface area (Å²) in [6.07, 6.45) is 1.71. The molecule has 0 aliphatic carbocycles. The SMILES string of the molecule is COc1ccc(C)cc1-n1ncc(C(C)(C)O)c1C. The van der Waals surface area contributed by atoms with E-state index in [1.807, 2.05) is 32.0 Å². The molecule has 0 saturated carbocycles. The molecule has 0 spiro atoms. The molecule has 1 aromatic carbocycles. The normalized spacial score (nSPS) is 11.7. The highest BCUT2D eigenvalue weighted by molar-refractivity contribution is 5.50. The summed E-state index contributed by atoms with van der Waals surface area (Å²) in [5.74, 6) is 0.763. The Balaban J connectivity index is 2.60. The lowest BCUT2D eigenvalue weighted by molar-refractivity contribution is 0.0779. The van der Waals surface area contributed by atoms with E-state index >= 15 is 0 Å². The Kier molecular flexibility index (Phi) is 3.37. The number of nitrogens with zero attached hydrogens (tertiary/aromatic N) is 2. The van der Waals surface area contributed by atoms with Gasteiger partial charge in [0, 0.05) is 11.3 Å². The minimum Gasteiger partial charge on any atom is -0.494 e. The predicted molar refractivity (Wildman–Crippen MR) is 74.8 cm³/mol. The Bertz CT molecular complexity index is 595. The first-order valence-electron chi connectivity index (χ1n) is 6.27. The molecule has 0 unspecified atom stereocenters. The van der Waals surface area contributed by atoms with Crippen molar-refractivity contribution in [2.45, 2.75) is 33.3 Å². The Morgan fingerprint density at radius 1 is 1.26 bits per heavy atom. The van der Waals surface area contributed by atoms with Crippen LogP contribution in [0.3, 0.4) is 0 Å². The number of ether oxygens (including phenoxy) is 1. The summed E-state index contributed by atoms with van der Waals surface area (Å²) in [5, 5.41) is 14.5. The largest absolute Gasteiger partial charge is 0.494 e. The van der Waals surface area contributed by atoms with Crippen molar-refractivity contribution in [3.63, 3.8) is 0 Å². The zero-order valence-corrected chi connectivity index (χ0v) is 12.1. The molecule has 0 atom stereocenters. The number of aromatic nitrogens is 2. The first kappa shape index (κ1) is 13.6. The molecule has 19 heavy (non-hydrogen) atoms. The van der Waals surface area contributed by atoms with Gasteiger partial charge in [-0.25, -0.2) is 4.68 Å². The van der Waals surface area contributed by atoms with Gasteiger partial charge in [0.25, 0.3) is 0 Å². The molecule has 2 rings (SSSR count). The van der Waals surface area contributed by atoms with Gasteiger partial charge >= 0.3 is 0 Å². The average molecular weight is 260 g/mol. The van der Waals surface area contributed by atoms with E-state index in [0.29, 0.717) is 0 Å². The van der Waals surface area contributed by atoms with Gasteiger partial charge < -0.3 is 9.84 Å².